The number of rotatable bonds is 4. The van der Waals surface area contributed by atoms with Crippen LogP contribution in [-0.2, 0) is 0 Å². The van der Waals surface area contributed by atoms with Crippen molar-refractivity contribution in [3.8, 4) is 0 Å². The molecule has 0 unspecified atom stereocenters. The maximum Gasteiger partial charge on any atom is 0.0662 e. The Balaban J connectivity index is 2.08. The van der Waals surface area contributed by atoms with Crippen LogP contribution in [0.15, 0.2) is 77.8 Å². The van der Waals surface area contributed by atoms with Crippen LogP contribution < -0.4 is 0 Å². The van der Waals surface area contributed by atoms with E-state index in [0.29, 0.717) is 0 Å². The Hall–Kier alpha value is -2.64. The molecule has 0 bridgehead atoms. The predicted octanol–water partition coefficient (Wildman–Crippen LogP) is 7.29. The Bertz CT molecular complexity index is 951. The first-order valence-electron chi connectivity index (χ1n) is 8.68. The summed E-state index contributed by atoms with van der Waals surface area (Å²) in [6.45, 7) is 6.27. The summed E-state index contributed by atoms with van der Waals surface area (Å²) in [4.78, 5) is 4.91. The molecule has 0 amide bonds. The predicted molar refractivity (Wildman–Crippen MR) is 114 cm³/mol. The van der Waals surface area contributed by atoms with Crippen molar-refractivity contribution < 1.29 is 0 Å². The number of hydrogen-bond donors (Lipinski definition) is 0. The van der Waals surface area contributed by atoms with E-state index in [1.807, 2.05) is 30.3 Å². The Morgan fingerprint density at radius 3 is 2.23 bits per heavy atom. The minimum absolute atomic E-state index is 0.740. The summed E-state index contributed by atoms with van der Waals surface area (Å²) < 4.78 is 0. The largest absolute Gasteiger partial charge is 0.253 e. The van der Waals surface area contributed by atoms with Crippen molar-refractivity contribution in [2.24, 2.45) is 4.99 Å². The van der Waals surface area contributed by atoms with Gasteiger partial charge in [-0.05, 0) is 61.7 Å². The molecule has 0 saturated carbocycles. The topological polar surface area (TPSA) is 12.4 Å². The smallest absolute Gasteiger partial charge is 0.0662 e. The van der Waals surface area contributed by atoms with Crippen LogP contribution in [0.25, 0.3) is 11.6 Å². The van der Waals surface area contributed by atoms with E-state index in [1.165, 1.54) is 11.1 Å². The first kappa shape index (κ1) is 18.2. The van der Waals surface area contributed by atoms with Crippen LogP contribution in [0, 0.1) is 13.8 Å². The number of aliphatic imine (C=N–C) groups is 1. The summed E-state index contributed by atoms with van der Waals surface area (Å²) in [5.74, 6) is 0. The fourth-order valence-electron chi connectivity index (χ4n) is 2.91. The Morgan fingerprint density at radius 1 is 0.885 bits per heavy atom. The lowest BCUT2D eigenvalue weighted by Gasteiger charge is -2.10. The summed E-state index contributed by atoms with van der Waals surface area (Å²) in [7, 11) is 0. The van der Waals surface area contributed by atoms with Crippen LogP contribution in [0.2, 0.25) is 5.02 Å². The van der Waals surface area contributed by atoms with E-state index in [4.69, 9.17) is 16.6 Å². The van der Waals surface area contributed by atoms with Crippen molar-refractivity contribution in [1.29, 1.82) is 0 Å². The molecule has 0 atom stereocenters. The highest BCUT2D eigenvalue weighted by molar-refractivity contribution is 6.30. The average molecular weight is 360 g/mol. The summed E-state index contributed by atoms with van der Waals surface area (Å²) in [5.41, 5.74) is 7.77. The van der Waals surface area contributed by atoms with Crippen molar-refractivity contribution >= 4 is 34.6 Å². The molecule has 0 aliphatic rings. The van der Waals surface area contributed by atoms with E-state index in [0.717, 1.165) is 33.1 Å². The van der Waals surface area contributed by atoms with Gasteiger partial charge in [-0.15, -0.1) is 0 Å². The molecular formula is C24H22ClN. The third-order valence-electron chi connectivity index (χ3n) is 4.30. The normalized spacial score (nSPS) is 12.3. The average Bonchev–Trinajstić information content (AvgIpc) is 2.64. The SMILES string of the molecule is CC(=Nc1ccc(C)cc1C)/C(=C/c1ccc(Cl)cc1)c1ccccc1. The van der Waals surface area contributed by atoms with E-state index >= 15 is 0 Å². The zero-order valence-corrected chi connectivity index (χ0v) is 16.1. The van der Waals surface area contributed by atoms with Crippen LogP contribution in [0.4, 0.5) is 5.69 Å². The molecule has 130 valence electrons. The molecular weight excluding hydrogens is 338 g/mol. The third-order valence-corrected chi connectivity index (χ3v) is 4.55. The lowest BCUT2D eigenvalue weighted by molar-refractivity contribution is 1.34. The summed E-state index contributed by atoms with van der Waals surface area (Å²) >= 11 is 6.02. The molecule has 26 heavy (non-hydrogen) atoms. The van der Waals surface area contributed by atoms with Gasteiger partial charge >= 0.3 is 0 Å². The molecule has 3 rings (SSSR count). The van der Waals surface area contributed by atoms with Crippen LogP contribution in [0.3, 0.4) is 0 Å². The van der Waals surface area contributed by atoms with E-state index in [9.17, 15) is 0 Å². The second-order valence-corrected chi connectivity index (χ2v) is 6.90. The molecule has 0 radical (unpaired) electrons. The van der Waals surface area contributed by atoms with Crippen molar-refractivity contribution in [3.63, 3.8) is 0 Å². The molecule has 0 N–H and O–H groups in total. The van der Waals surface area contributed by atoms with E-state index < -0.39 is 0 Å². The zero-order valence-electron chi connectivity index (χ0n) is 15.3. The van der Waals surface area contributed by atoms with Crippen LogP contribution in [-0.4, -0.2) is 5.71 Å². The van der Waals surface area contributed by atoms with Gasteiger partial charge in [0.05, 0.1) is 5.69 Å². The molecule has 0 fully saturated rings. The highest BCUT2D eigenvalue weighted by Gasteiger charge is 2.07. The van der Waals surface area contributed by atoms with Crippen LogP contribution in [0.5, 0.6) is 0 Å². The van der Waals surface area contributed by atoms with E-state index in [-0.39, 0.29) is 0 Å². The second kappa shape index (κ2) is 8.16. The van der Waals surface area contributed by atoms with Crippen molar-refractivity contribution in [1.82, 2.24) is 0 Å². The Morgan fingerprint density at radius 2 is 1.58 bits per heavy atom. The van der Waals surface area contributed by atoms with Gasteiger partial charge in [0, 0.05) is 16.3 Å². The van der Waals surface area contributed by atoms with Crippen molar-refractivity contribution in [3.05, 3.63) is 100 Å². The summed E-state index contributed by atoms with van der Waals surface area (Å²) in [6.07, 6.45) is 2.16. The fraction of sp³-hybridized carbons (Fsp3) is 0.125. The first-order valence-corrected chi connectivity index (χ1v) is 9.06. The van der Waals surface area contributed by atoms with E-state index in [2.05, 4.69) is 69.3 Å². The maximum absolute atomic E-state index is 6.02. The number of aryl methyl sites for hydroxylation is 2. The van der Waals surface area contributed by atoms with Gasteiger partial charge in [0.25, 0.3) is 0 Å². The van der Waals surface area contributed by atoms with Crippen molar-refractivity contribution in [2.45, 2.75) is 20.8 Å². The standard InChI is InChI=1S/C24H22ClN/c1-17-9-14-24(18(2)15-17)26-19(3)23(21-7-5-4-6-8-21)16-20-10-12-22(25)13-11-20/h4-16H,1-3H3/b23-16-,26-19?. The van der Waals surface area contributed by atoms with Crippen LogP contribution >= 0.6 is 11.6 Å². The summed E-state index contributed by atoms with van der Waals surface area (Å²) in [6, 6.07) is 24.6. The molecule has 3 aromatic rings. The van der Waals surface area contributed by atoms with Crippen LogP contribution in [0.1, 0.15) is 29.2 Å². The Labute approximate surface area is 160 Å². The lowest BCUT2D eigenvalue weighted by Crippen LogP contribution is -1.97. The Kier molecular flexibility index (Phi) is 5.70. The van der Waals surface area contributed by atoms with Gasteiger partial charge in [0.15, 0.2) is 0 Å². The first-order chi connectivity index (χ1) is 12.5. The number of halogens is 1. The maximum atomic E-state index is 6.02. The molecule has 0 aromatic heterocycles. The quantitative estimate of drug-likeness (QED) is 0.342. The number of allylic oxidation sites excluding steroid dienone is 1. The van der Waals surface area contributed by atoms with Crippen molar-refractivity contribution in [2.75, 3.05) is 0 Å². The zero-order chi connectivity index (χ0) is 18.5. The molecule has 1 nitrogen and oxygen atoms in total. The van der Waals surface area contributed by atoms with Gasteiger partial charge < -0.3 is 0 Å². The summed E-state index contributed by atoms with van der Waals surface area (Å²) in [5, 5.41) is 0.740. The minimum atomic E-state index is 0.740. The highest BCUT2D eigenvalue weighted by atomic mass is 35.5. The second-order valence-electron chi connectivity index (χ2n) is 6.46. The van der Waals surface area contributed by atoms with Gasteiger partial charge in [0.2, 0.25) is 0 Å². The highest BCUT2D eigenvalue weighted by Crippen LogP contribution is 2.25. The van der Waals surface area contributed by atoms with Gasteiger partial charge in [-0.25, -0.2) is 0 Å². The van der Waals surface area contributed by atoms with Gasteiger partial charge in [-0.2, -0.15) is 0 Å². The van der Waals surface area contributed by atoms with E-state index in [1.54, 1.807) is 0 Å². The molecule has 0 aliphatic carbocycles. The number of hydrogen-bond acceptors (Lipinski definition) is 1. The van der Waals surface area contributed by atoms with Gasteiger partial charge in [-0.3, -0.25) is 4.99 Å². The minimum Gasteiger partial charge on any atom is -0.253 e. The molecule has 3 aromatic carbocycles. The molecule has 0 saturated heterocycles. The monoisotopic (exact) mass is 359 g/mol. The van der Waals surface area contributed by atoms with Gasteiger partial charge in [0.1, 0.15) is 0 Å². The molecule has 0 spiro atoms. The number of benzene rings is 3. The molecule has 0 aliphatic heterocycles. The van der Waals surface area contributed by atoms with Gasteiger partial charge in [-0.1, -0.05) is 71.8 Å². The number of nitrogens with zero attached hydrogens (tertiary/aromatic N) is 1. The fourth-order valence-corrected chi connectivity index (χ4v) is 3.04. The molecule has 0 heterocycles. The lowest BCUT2D eigenvalue weighted by atomic mass is 9.99. The molecule has 2 heteroatoms. The third kappa shape index (κ3) is 4.50.